The van der Waals surface area contributed by atoms with Crippen molar-refractivity contribution in [1.82, 2.24) is 9.97 Å². The normalized spacial score (nSPS) is 11.2. The molecule has 1 heterocycles. The summed E-state index contributed by atoms with van der Waals surface area (Å²) in [6.07, 6.45) is -2.87. The maximum absolute atomic E-state index is 13.9. The second kappa shape index (κ2) is 5.05. The Balaban J connectivity index is 2.34. The van der Waals surface area contributed by atoms with E-state index in [1.807, 2.05) is 0 Å². The third kappa shape index (κ3) is 2.29. The van der Waals surface area contributed by atoms with Crippen molar-refractivity contribution in [2.75, 3.05) is 0 Å². The van der Waals surface area contributed by atoms with Crippen LogP contribution in [0.25, 0.3) is 22.3 Å². The van der Waals surface area contributed by atoms with E-state index >= 15 is 0 Å². The SMILES string of the molecule is O=c1[nH]c(-c2c(F)cccc2C(F)F)nc2ccccc12. The lowest BCUT2D eigenvalue weighted by Gasteiger charge is -2.09. The number of H-pyrrole nitrogens is 1. The first-order valence-electron chi connectivity index (χ1n) is 6.14. The molecule has 106 valence electrons. The molecule has 0 atom stereocenters. The number of aromatic nitrogens is 2. The first kappa shape index (κ1) is 13.4. The average molecular weight is 290 g/mol. The molecule has 3 rings (SSSR count). The van der Waals surface area contributed by atoms with Crippen LogP contribution in [0.1, 0.15) is 12.0 Å². The molecule has 0 amide bonds. The molecule has 0 saturated carbocycles. The molecule has 0 aliphatic rings. The Bertz CT molecular complexity index is 874. The van der Waals surface area contributed by atoms with Gasteiger partial charge in [0.05, 0.1) is 16.5 Å². The van der Waals surface area contributed by atoms with E-state index in [9.17, 15) is 18.0 Å². The molecule has 0 unspecified atom stereocenters. The minimum Gasteiger partial charge on any atom is -0.306 e. The molecule has 2 aromatic carbocycles. The standard InChI is InChI=1S/C15H9F3N2O/c16-10-6-3-5-9(13(17)18)12(10)14-19-11-7-2-1-4-8(11)15(21)20-14/h1-7,13H,(H,19,20,21). The molecule has 0 aliphatic heterocycles. The third-order valence-corrected chi connectivity index (χ3v) is 3.13. The molecule has 0 radical (unpaired) electrons. The van der Waals surface area contributed by atoms with Crippen LogP contribution < -0.4 is 5.56 Å². The zero-order valence-electron chi connectivity index (χ0n) is 10.6. The van der Waals surface area contributed by atoms with E-state index in [2.05, 4.69) is 9.97 Å². The van der Waals surface area contributed by atoms with E-state index in [-0.39, 0.29) is 11.4 Å². The number of para-hydroxylation sites is 1. The molecular weight excluding hydrogens is 281 g/mol. The lowest BCUT2D eigenvalue weighted by atomic mass is 10.1. The fourth-order valence-corrected chi connectivity index (χ4v) is 2.18. The van der Waals surface area contributed by atoms with Crippen molar-refractivity contribution in [3.05, 3.63) is 64.2 Å². The molecular formula is C15H9F3N2O. The van der Waals surface area contributed by atoms with Crippen LogP contribution in [0.3, 0.4) is 0 Å². The summed E-state index contributed by atoms with van der Waals surface area (Å²) in [5.41, 5.74) is -1.07. The van der Waals surface area contributed by atoms with Gasteiger partial charge in [0.1, 0.15) is 11.6 Å². The predicted octanol–water partition coefficient (Wildman–Crippen LogP) is 3.67. The van der Waals surface area contributed by atoms with Gasteiger partial charge < -0.3 is 4.98 Å². The highest BCUT2D eigenvalue weighted by Crippen LogP contribution is 2.31. The number of benzene rings is 2. The molecule has 3 nitrogen and oxygen atoms in total. The summed E-state index contributed by atoms with van der Waals surface area (Å²) in [5, 5.41) is 0.316. The number of nitrogens with zero attached hydrogens (tertiary/aromatic N) is 1. The third-order valence-electron chi connectivity index (χ3n) is 3.13. The zero-order chi connectivity index (χ0) is 15.0. The summed E-state index contributed by atoms with van der Waals surface area (Å²) < 4.78 is 40.0. The van der Waals surface area contributed by atoms with Crippen molar-refractivity contribution in [3.8, 4) is 11.4 Å². The van der Waals surface area contributed by atoms with Gasteiger partial charge in [-0.1, -0.05) is 24.3 Å². The van der Waals surface area contributed by atoms with E-state index in [1.54, 1.807) is 24.3 Å². The van der Waals surface area contributed by atoms with E-state index in [0.29, 0.717) is 10.9 Å². The predicted molar refractivity (Wildman–Crippen MR) is 72.7 cm³/mol. The Morgan fingerprint density at radius 3 is 2.57 bits per heavy atom. The van der Waals surface area contributed by atoms with Crippen LogP contribution in [-0.4, -0.2) is 9.97 Å². The van der Waals surface area contributed by atoms with Gasteiger partial charge in [0.15, 0.2) is 0 Å². The highest BCUT2D eigenvalue weighted by Gasteiger charge is 2.20. The first-order valence-corrected chi connectivity index (χ1v) is 6.14. The summed E-state index contributed by atoms with van der Waals surface area (Å²) >= 11 is 0. The van der Waals surface area contributed by atoms with Gasteiger partial charge in [-0.25, -0.2) is 18.2 Å². The average Bonchev–Trinajstić information content (AvgIpc) is 2.46. The van der Waals surface area contributed by atoms with Gasteiger partial charge in [0.2, 0.25) is 0 Å². The van der Waals surface area contributed by atoms with Gasteiger partial charge in [0, 0.05) is 5.56 Å². The molecule has 0 saturated heterocycles. The van der Waals surface area contributed by atoms with Crippen molar-refractivity contribution in [2.45, 2.75) is 6.43 Å². The molecule has 1 aromatic heterocycles. The maximum Gasteiger partial charge on any atom is 0.264 e. The Morgan fingerprint density at radius 2 is 1.81 bits per heavy atom. The van der Waals surface area contributed by atoms with Crippen molar-refractivity contribution in [2.24, 2.45) is 0 Å². The number of fused-ring (bicyclic) bond motifs is 1. The Labute approximate surface area is 117 Å². The fraction of sp³-hybridized carbons (Fsp3) is 0.0667. The number of halogens is 3. The molecule has 3 aromatic rings. The van der Waals surface area contributed by atoms with Gasteiger partial charge in [0.25, 0.3) is 12.0 Å². The number of alkyl halides is 2. The number of hydrogen-bond acceptors (Lipinski definition) is 2. The molecule has 0 aliphatic carbocycles. The summed E-state index contributed by atoms with van der Waals surface area (Å²) in [7, 11) is 0. The second-order valence-corrected chi connectivity index (χ2v) is 4.44. The molecule has 21 heavy (non-hydrogen) atoms. The van der Waals surface area contributed by atoms with Crippen LogP contribution >= 0.6 is 0 Å². The second-order valence-electron chi connectivity index (χ2n) is 4.44. The maximum atomic E-state index is 13.9. The smallest absolute Gasteiger partial charge is 0.264 e. The quantitative estimate of drug-likeness (QED) is 0.782. The summed E-state index contributed by atoms with van der Waals surface area (Å²) in [5.74, 6) is -1.06. The van der Waals surface area contributed by atoms with E-state index < -0.39 is 23.4 Å². The van der Waals surface area contributed by atoms with Crippen LogP contribution in [0.4, 0.5) is 13.2 Å². The Kier molecular flexibility index (Phi) is 3.21. The number of aromatic amines is 1. The first-order chi connectivity index (χ1) is 10.1. The Morgan fingerprint density at radius 1 is 1.05 bits per heavy atom. The van der Waals surface area contributed by atoms with Gasteiger partial charge in [-0.05, 0) is 18.2 Å². The molecule has 0 spiro atoms. The molecule has 0 bridgehead atoms. The Hall–Kier alpha value is -2.63. The van der Waals surface area contributed by atoms with Crippen LogP contribution in [0, 0.1) is 5.82 Å². The van der Waals surface area contributed by atoms with Gasteiger partial charge >= 0.3 is 0 Å². The van der Waals surface area contributed by atoms with E-state index in [0.717, 1.165) is 12.1 Å². The van der Waals surface area contributed by atoms with Crippen LogP contribution in [0.5, 0.6) is 0 Å². The minimum absolute atomic E-state index is 0.202. The summed E-state index contributed by atoms with van der Waals surface area (Å²) in [6.45, 7) is 0. The van der Waals surface area contributed by atoms with Crippen LogP contribution in [-0.2, 0) is 0 Å². The summed E-state index contributed by atoms with van der Waals surface area (Å²) in [4.78, 5) is 18.4. The van der Waals surface area contributed by atoms with E-state index in [4.69, 9.17) is 0 Å². The lowest BCUT2D eigenvalue weighted by molar-refractivity contribution is 0.151. The summed E-state index contributed by atoms with van der Waals surface area (Å²) in [6, 6.07) is 9.80. The fourth-order valence-electron chi connectivity index (χ4n) is 2.18. The zero-order valence-corrected chi connectivity index (χ0v) is 10.6. The van der Waals surface area contributed by atoms with Crippen LogP contribution in [0.2, 0.25) is 0 Å². The largest absolute Gasteiger partial charge is 0.306 e. The van der Waals surface area contributed by atoms with Gasteiger partial charge in [-0.2, -0.15) is 0 Å². The highest BCUT2D eigenvalue weighted by atomic mass is 19.3. The monoisotopic (exact) mass is 290 g/mol. The van der Waals surface area contributed by atoms with Crippen LogP contribution in [0.15, 0.2) is 47.3 Å². The van der Waals surface area contributed by atoms with Crippen molar-refractivity contribution >= 4 is 10.9 Å². The van der Waals surface area contributed by atoms with E-state index in [1.165, 1.54) is 6.07 Å². The number of hydrogen-bond donors (Lipinski definition) is 1. The molecule has 6 heteroatoms. The van der Waals surface area contributed by atoms with Crippen molar-refractivity contribution < 1.29 is 13.2 Å². The van der Waals surface area contributed by atoms with Gasteiger partial charge in [-0.15, -0.1) is 0 Å². The molecule has 0 fully saturated rings. The van der Waals surface area contributed by atoms with Crippen molar-refractivity contribution in [3.63, 3.8) is 0 Å². The molecule has 1 N–H and O–H groups in total. The lowest BCUT2D eigenvalue weighted by Crippen LogP contribution is -2.11. The number of rotatable bonds is 2. The van der Waals surface area contributed by atoms with Crippen molar-refractivity contribution in [1.29, 1.82) is 0 Å². The highest BCUT2D eigenvalue weighted by molar-refractivity contribution is 5.79. The topological polar surface area (TPSA) is 45.8 Å². The minimum atomic E-state index is -2.87. The van der Waals surface area contributed by atoms with Gasteiger partial charge in [-0.3, -0.25) is 4.79 Å². The number of nitrogens with one attached hydrogen (secondary N) is 1.